The summed E-state index contributed by atoms with van der Waals surface area (Å²) in [5.41, 5.74) is 9.36. The van der Waals surface area contributed by atoms with Gasteiger partial charge in [-0.15, -0.1) is 0 Å². The van der Waals surface area contributed by atoms with E-state index >= 15 is 0 Å². The highest BCUT2D eigenvalue weighted by Gasteiger charge is 2.23. The van der Waals surface area contributed by atoms with Crippen molar-refractivity contribution in [2.45, 2.75) is 13.0 Å². The molecule has 1 unspecified atom stereocenters. The molecule has 3 N–H and O–H groups in total. The summed E-state index contributed by atoms with van der Waals surface area (Å²) in [5, 5.41) is 3.75. The monoisotopic (exact) mass is 442 g/mol. The van der Waals surface area contributed by atoms with E-state index in [1.54, 1.807) is 19.4 Å². The predicted molar refractivity (Wildman–Crippen MR) is 129 cm³/mol. The van der Waals surface area contributed by atoms with E-state index in [9.17, 15) is 9.59 Å². The first-order valence-electron chi connectivity index (χ1n) is 10.6. The average molecular weight is 443 g/mol. The number of ether oxygens (including phenoxy) is 1. The molecule has 1 aromatic heterocycles. The van der Waals surface area contributed by atoms with E-state index in [1.165, 1.54) is 0 Å². The molecule has 1 heterocycles. The Morgan fingerprint density at radius 1 is 0.970 bits per heavy atom. The van der Waals surface area contributed by atoms with E-state index in [1.807, 2.05) is 85.3 Å². The topological polar surface area (TPSA) is 84.4 Å². The number of aryl methyl sites for hydroxylation is 2. The van der Waals surface area contributed by atoms with Gasteiger partial charge in [0.2, 0.25) is 5.91 Å². The molecular formula is C26H26N4O3. The van der Waals surface area contributed by atoms with Crippen molar-refractivity contribution in [3.63, 3.8) is 0 Å². The van der Waals surface area contributed by atoms with Crippen LogP contribution in [0, 0.1) is 6.92 Å². The van der Waals surface area contributed by atoms with Crippen LogP contribution in [0.25, 0.3) is 10.9 Å². The van der Waals surface area contributed by atoms with Gasteiger partial charge >= 0.3 is 0 Å². The van der Waals surface area contributed by atoms with Crippen LogP contribution < -0.4 is 20.9 Å². The summed E-state index contributed by atoms with van der Waals surface area (Å²) in [6, 6.07) is 21.6. The Morgan fingerprint density at radius 2 is 1.70 bits per heavy atom. The number of hydrogen-bond donors (Lipinski definition) is 3. The van der Waals surface area contributed by atoms with Gasteiger partial charge in [0.15, 0.2) is 0 Å². The van der Waals surface area contributed by atoms with Gasteiger partial charge in [-0.1, -0.05) is 54.6 Å². The second-order valence-electron chi connectivity index (χ2n) is 7.81. The van der Waals surface area contributed by atoms with E-state index < -0.39 is 6.04 Å². The number of rotatable bonds is 7. The maximum atomic E-state index is 13.3. The third-order valence-corrected chi connectivity index (χ3v) is 5.48. The third kappa shape index (κ3) is 4.73. The number of para-hydroxylation sites is 1. The van der Waals surface area contributed by atoms with Crippen LogP contribution in [0.3, 0.4) is 0 Å². The van der Waals surface area contributed by atoms with Crippen molar-refractivity contribution in [1.82, 2.24) is 15.4 Å². The molecule has 0 saturated heterocycles. The Morgan fingerprint density at radius 3 is 2.45 bits per heavy atom. The molecule has 3 aromatic carbocycles. The van der Waals surface area contributed by atoms with Crippen molar-refractivity contribution in [3.05, 3.63) is 95.7 Å². The smallest absolute Gasteiger partial charge is 0.267 e. The lowest BCUT2D eigenvalue weighted by Gasteiger charge is -2.20. The minimum Gasteiger partial charge on any atom is -0.495 e. The number of methoxy groups -OCH3 is 1. The summed E-state index contributed by atoms with van der Waals surface area (Å²) >= 11 is 0. The largest absolute Gasteiger partial charge is 0.495 e. The van der Waals surface area contributed by atoms with E-state index in [2.05, 4.69) is 16.2 Å². The summed E-state index contributed by atoms with van der Waals surface area (Å²) < 4.78 is 7.28. The Labute approximate surface area is 192 Å². The van der Waals surface area contributed by atoms with Gasteiger partial charge in [0, 0.05) is 24.1 Å². The molecule has 1 atom stereocenters. The zero-order valence-electron chi connectivity index (χ0n) is 18.8. The van der Waals surface area contributed by atoms with Gasteiger partial charge in [-0.25, -0.2) is 5.43 Å². The van der Waals surface area contributed by atoms with Crippen molar-refractivity contribution < 1.29 is 14.3 Å². The molecule has 7 heteroatoms. The fourth-order valence-electron chi connectivity index (χ4n) is 3.80. The summed E-state index contributed by atoms with van der Waals surface area (Å²) in [7, 11) is 3.44. The van der Waals surface area contributed by atoms with E-state index in [4.69, 9.17) is 4.74 Å². The maximum absolute atomic E-state index is 13.3. The Bertz CT molecular complexity index is 1300. The van der Waals surface area contributed by atoms with Gasteiger partial charge in [0.1, 0.15) is 11.8 Å². The minimum atomic E-state index is -0.824. The molecule has 0 spiro atoms. The molecule has 4 rings (SSSR count). The quantitative estimate of drug-likeness (QED) is 0.376. The first-order valence-corrected chi connectivity index (χ1v) is 10.6. The fraction of sp³-hybridized carbons (Fsp3) is 0.154. The number of nitrogens with one attached hydrogen (secondary N) is 3. The van der Waals surface area contributed by atoms with Crippen molar-refractivity contribution in [2.75, 3.05) is 12.4 Å². The number of carbonyl (C=O) groups excluding carboxylic acids is 2. The summed E-state index contributed by atoms with van der Waals surface area (Å²) in [6.07, 6.45) is 1.77. The lowest BCUT2D eigenvalue weighted by atomic mass is 10.1. The number of anilines is 1. The Hall–Kier alpha value is -4.10. The van der Waals surface area contributed by atoms with Crippen molar-refractivity contribution in [2.24, 2.45) is 7.05 Å². The molecule has 4 aromatic rings. The van der Waals surface area contributed by atoms with Gasteiger partial charge in [0.05, 0.1) is 18.4 Å². The number of hydrazine groups is 1. The molecule has 0 aliphatic carbocycles. The van der Waals surface area contributed by atoms with Gasteiger partial charge in [-0.05, 0) is 36.2 Å². The Balaban J connectivity index is 1.57. The van der Waals surface area contributed by atoms with Crippen molar-refractivity contribution in [3.8, 4) is 5.75 Å². The highest BCUT2D eigenvalue weighted by molar-refractivity contribution is 6.07. The number of aromatic nitrogens is 1. The van der Waals surface area contributed by atoms with Crippen LogP contribution >= 0.6 is 0 Å². The number of amides is 2. The first-order chi connectivity index (χ1) is 16.0. The maximum Gasteiger partial charge on any atom is 0.267 e. The summed E-state index contributed by atoms with van der Waals surface area (Å²) in [4.78, 5) is 26.3. The van der Waals surface area contributed by atoms with Crippen molar-refractivity contribution in [1.29, 1.82) is 0 Å². The molecule has 0 aliphatic rings. The molecule has 2 amide bonds. The van der Waals surface area contributed by atoms with Crippen LogP contribution in [0.4, 0.5) is 5.69 Å². The SMILES string of the molecule is COc1ccc(C)cc1NC(=O)C(NNC(=O)c1cn(C)c2ccccc12)c1ccccc1. The lowest BCUT2D eigenvalue weighted by molar-refractivity contribution is -0.118. The second-order valence-corrected chi connectivity index (χ2v) is 7.81. The second kappa shape index (κ2) is 9.58. The van der Waals surface area contributed by atoms with Crippen LogP contribution in [-0.4, -0.2) is 23.5 Å². The molecule has 0 radical (unpaired) electrons. The molecule has 0 fully saturated rings. The van der Waals surface area contributed by atoms with Crippen LogP contribution in [-0.2, 0) is 11.8 Å². The molecule has 0 bridgehead atoms. The van der Waals surface area contributed by atoms with Crippen LogP contribution in [0.5, 0.6) is 5.75 Å². The predicted octanol–water partition coefficient (Wildman–Crippen LogP) is 4.11. The van der Waals surface area contributed by atoms with Crippen LogP contribution in [0.1, 0.15) is 27.5 Å². The number of hydrogen-bond acceptors (Lipinski definition) is 4. The standard InChI is InChI=1S/C26H26N4O3/c1-17-13-14-23(33-3)21(15-17)27-26(32)24(18-9-5-4-6-10-18)28-29-25(31)20-16-30(2)22-12-8-7-11-19(20)22/h4-16,24,28H,1-3H3,(H,27,32)(H,29,31). The lowest BCUT2D eigenvalue weighted by Crippen LogP contribution is -2.44. The van der Waals surface area contributed by atoms with Crippen molar-refractivity contribution >= 4 is 28.4 Å². The van der Waals surface area contributed by atoms with Gasteiger partial charge in [0.25, 0.3) is 5.91 Å². The molecule has 0 saturated carbocycles. The number of fused-ring (bicyclic) bond motifs is 1. The zero-order valence-corrected chi connectivity index (χ0v) is 18.8. The zero-order chi connectivity index (χ0) is 23.4. The Kier molecular flexibility index (Phi) is 6.42. The number of carbonyl (C=O) groups is 2. The summed E-state index contributed by atoms with van der Waals surface area (Å²) in [5.74, 6) is -0.0995. The number of benzene rings is 3. The van der Waals surface area contributed by atoms with Gasteiger partial charge in [-0.3, -0.25) is 15.0 Å². The van der Waals surface area contributed by atoms with Crippen LogP contribution in [0.2, 0.25) is 0 Å². The molecule has 0 aliphatic heterocycles. The van der Waals surface area contributed by atoms with E-state index in [-0.39, 0.29) is 11.8 Å². The minimum absolute atomic E-state index is 0.325. The summed E-state index contributed by atoms with van der Waals surface area (Å²) in [6.45, 7) is 1.94. The molecule has 168 valence electrons. The van der Waals surface area contributed by atoms with Gasteiger partial charge in [-0.2, -0.15) is 0 Å². The average Bonchev–Trinajstić information content (AvgIpc) is 3.17. The third-order valence-electron chi connectivity index (χ3n) is 5.48. The molecular weight excluding hydrogens is 416 g/mol. The molecule has 7 nitrogen and oxygen atoms in total. The highest BCUT2D eigenvalue weighted by Crippen LogP contribution is 2.27. The van der Waals surface area contributed by atoms with Crippen LogP contribution in [0.15, 0.2) is 79.0 Å². The van der Waals surface area contributed by atoms with Gasteiger partial charge < -0.3 is 14.6 Å². The fourth-order valence-corrected chi connectivity index (χ4v) is 3.80. The first kappa shape index (κ1) is 22.1. The highest BCUT2D eigenvalue weighted by atomic mass is 16.5. The molecule has 33 heavy (non-hydrogen) atoms. The van der Waals surface area contributed by atoms with E-state index in [0.717, 1.165) is 16.5 Å². The number of nitrogens with zero attached hydrogens (tertiary/aromatic N) is 1. The normalized spacial score (nSPS) is 11.7. The van der Waals surface area contributed by atoms with E-state index in [0.29, 0.717) is 22.6 Å².